The number of nitrogens with one attached hydrogen (secondary N) is 1. The van der Waals surface area contributed by atoms with E-state index < -0.39 is 0 Å². The molecule has 0 saturated carbocycles. The molecule has 21 heavy (non-hydrogen) atoms. The van der Waals surface area contributed by atoms with E-state index in [1.54, 1.807) is 0 Å². The molecule has 2 aromatic rings. The van der Waals surface area contributed by atoms with Gasteiger partial charge in [-0.2, -0.15) is 0 Å². The summed E-state index contributed by atoms with van der Waals surface area (Å²) in [6.45, 7) is 1.22. The van der Waals surface area contributed by atoms with Gasteiger partial charge in [0, 0.05) is 12.1 Å². The molecule has 1 amide bonds. The molecule has 0 radical (unpaired) electrons. The molecule has 0 aliphatic heterocycles. The van der Waals surface area contributed by atoms with E-state index in [-0.39, 0.29) is 5.91 Å². The Morgan fingerprint density at radius 3 is 2.43 bits per heavy atom. The molecular formula is C18H22N2O. The van der Waals surface area contributed by atoms with Crippen LogP contribution in [0.15, 0.2) is 54.6 Å². The van der Waals surface area contributed by atoms with E-state index in [9.17, 15) is 4.79 Å². The smallest absolute Gasteiger partial charge is 0.251 e. The molecule has 0 fully saturated rings. The van der Waals surface area contributed by atoms with Crippen molar-refractivity contribution < 1.29 is 4.79 Å². The van der Waals surface area contributed by atoms with Crippen LogP contribution < -0.4 is 11.1 Å². The Balaban J connectivity index is 2.01. The summed E-state index contributed by atoms with van der Waals surface area (Å²) < 4.78 is 0. The molecule has 0 unspecified atom stereocenters. The Kier molecular flexibility index (Phi) is 5.98. The maximum Gasteiger partial charge on any atom is 0.251 e. The van der Waals surface area contributed by atoms with Gasteiger partial charge in [0.15, 0.2) is 0 Å². The van der Waals surface area contributed by atoms with Gasteiger partial charge < -0.3 is 11.1 Å². The summed E-state index contributed by atoms with van der Waals surface area (Å²) in [5.41, 5.74) is 8.59. The van der Waals surface area contributed by atoms with Crippen LogP contribution in [-0.4, -0.2) is 19.0 Å². The van der Waals surface area contributed by atoms with Crippen molar-refractivity contribution in [2.45, 2.75) is 19.3 Å². The van der Waals surface area contributed by atoms with Gasteiger partial charge >= 0.3 is 0 Å². The van der Waals surface area contributed by atoms with Gasteiger partial charge in [0.05, 0.1) is 0 Å². The number of carbonyl (C=O) groups is 1. The second kappa shape index (κ2) is 8.22. The zero-order chi connectivity index (χ0) is 14.9. The molecule has 0 spiro atoms. The van der Waals surface area contributed by atoms with Crippen LogP contribution in [0.3, 0.4) is 0 Å². The lowest BCUT2D eigenvalue weighted by molar-refractivity contribution is 0.0952. The van der Waals surface area contributed by atoms with E-state index in [1.165, 1.54) is 5.56 Å². The molecule has 0 atom stereocenters. The quantitative estimate of drug-likeness (QED) is 0.767. The minimum absolute atomic E-state index is 0.00730. The number of hydrogen-bond donors (Lipinski definition) is 2. The standard InChI is InChI=1S/C18H22N2O/c19-13-6-14-20-18(21)17-10-5-4-9-16(17)12-11-15-7-2-1-3-8-15/h1-5,7-10H,6,11-14,19H2,(H,20,21). The molecule has 3 nitrogen and oxygen atoms in total. The van der Waals surface area contributed by atoms with Gasteiger partial charge in [-0.15, -0.1) is 0 Å². The van der Waals surface area contributed by atoms with Crippen LogP contribution in [0.5, 0.6) is 0 Å². The van der Waals surface area contributed by atoms with Crippen molar-refractivity contribution in [1.82, 2.24) is 5.32 Å². The third-order valence-corrected chi connectivity index (χ3v) is 3.45. The molecule has 3 N–H and O–H groups in total. The first-order chi connectivity index (χ1) is 10.3. The maximum absolute atomic E-state index is 12.2. The van der Waals surface area contributed by atoms with Crippen LogP contribution in [0.2, 0.25) is 0 Å². The molecule has 0 bridgehead atoms. The average molecular weight is 282 g/mol. The highest BCUT2D eigenvalue weighted by atomic mass is 16.1. The first-order valence-electron chi connectivity index (χ1n) is 7.41. The van der Waals surface area contributed by atoms with E-state index in [1.807, 2.05) is 42.5 Å². The summed E-state index contributed by atoms with van der Waals surface area (Å²) in [6.07, 6.45) is 2.61. The fourth-order valence-electron chi connectivity index (χ4n) is 2.28. The molecular weight excluding hydrogens is 260 g/mol. The van der Waals surface area contributed by atoms with Crippen molar-refractivity contribution >= 4 is 5.91 Å². The van der Waals surface area contributed by atoms with Crippen LogP contribution in [-0.2, 0) is 12.8 Å². The number of benzene rings is 2. The first kappa shape index (κ1) is 15.3. The van der Waals surface area contributed by atoms with Gasteiger partial charge in [0.1, 0.15) is 0 Å². The lowest BCUT2D eigenvalue weighted by Crippen LogP contribution is -2.26. The van der Waals surface area contributed by atoms with Crippen molar-refractivity contribution in [3.05, 3.63) is 71.3 Å². The highest BCUT2D eigenvalue weighted by molar-refractivity contribution is 5.95. The monoisotopic (exact) mass is 282 g/mol. The summed E-state index contributed by atoms with van der Waals surface area (Å²) >= 11 is 0. The molecule has 3 heteroatoms. The molecule has 110 valence electrons. The van der Waals surface area contributed by atoms with E-state index in [0.29, 0.717) is 13.1 Å². The third-order valence-electron chi connectivity index (χ3n) is 3.45. The van der Waals surface area contributed by atoms with Crippen LogP contribution in [0, 0.1) is 0 Å². The minimum Gasteiger partial charge on any atom is -0.352 e. The molecule has 0 heterocycles. The van der Waals surface area contributed by atoms with E-state index >= 15 is 0 Å². The van der Waals surface area contributed by atoms with Crippen molar-refractivity contribution in [2.24, 2.45) is 5.73 Å². The number of rotatable bonds is 7. The fraction of sp³-hybridized carbons (Fsp3) is 0.278. The van der Waals surface area contributed by atoms with Gasteiger partial charge in [0.25, 0.3) is 5.91 Å². The summed E-state index contributed by atoms with van der Waals surface area (Å²) in [6, 6.07) is 18.1. The fourth-order valence-corrected chi connectivity index (χ4v) is 2.28. The van der Waals surface area contributed by atoms with Crippen LogP contribution in [0.1, 0.15) is 27.9 Å². The number of amides is 1. The van der Waals surface area contributed by atoms with Crippen molar-refractivity contribution in [2.75, 3.05) is 13.1 Å². The normalized spacial score (nSPS) is 10.3. The highest BCUT2D eigenvalue weighted by Gasteiger charge is 2.10. The topological polar surface area (TPSA) is 55.1 Å². The third kappa shape index (κ3) is 4.72. The molecule has 0 aromatic heterocycles. The number of hydrogen-bond acceptors (Lipinski definition) is 2. The molecule has 2 aromatic carbocycles. The van der Waals surface area contributed by atoms with Gasteiger partial charge in [-0.05, 0) is 43.0 Å². The lowest BCUT2D eigenvalue weighted by atomic mass is 9.99. The Bertz CT molecular complexity index is 566. The van der Waals surface area contributed by atoms with Gasteiger partial charge in [0.2, 0.25) is 0 Å². The molecule has 2 rings (SSSR count). The predicted molar refractivity (Wildman–Crippen MR) is 86.3 cm³/mol. The number of nitrogens with two attached hydrogens (primary N) is 1. The van der Waals surface area contributed by atoms with Crippen LogP contribution in [0.4, 0.5) is 0 Å². The largest absolute Gasteiger partial charge is 0.352 e. The summed E-state index contributed by atoms with van der Waals surface area (Å²) in [5.74, 6) is -0.00730. The van der Waals surface area contributed by atoms with Crippen molar-refractivity contribution in [3.8, 4) is 0 Å². The van der Waals surface area contributed by atoms with E-state index in [4.69, 9.17) is 5.73 Å². The van der Waals surface area contributed by atoms with E-state index in [0.717, 1.165) is 30.4 Å². The highest BCUT2D eigenvalue weighted by Crippen LogP contribution is 2.12. The van der Waals surface area contributed by atoms with Crippen molar-refractivity contribution in [3.63, 3.8) is 0 Å². The average Bonchev–Trinajstić information content (AvgIpc) is 2.54. The summed E-state index contributed by atoms with van der Waals surface area (Å²) in [5, 5.41) is 2.92. The molecule has 0 aliphatic carbocycles. The lowest BCUT2D eigenvalue weighted by Gasteiger charge is -2.10. The minimum atomic E-state index is -0.00730. The summed E-state index contributed by atoms with van der Waals surface area (Å²) in [7, 11) is 0. The SMILES string of the molecule is NCCCNC(=O)c1ccccc1CCc1ccccc1. The Labute approximate surface area is 126 Å². The van der Waals surface area contributed by atoms with Gasteiger partial charge in [-0.25, -0.2) is 0 Å². The number of carbonyl (C=O) groups excluding carboxylic acids is 1. The molecule has 0 aliphatic rings. The first-order valence-corrected chi connectivity index (χ1v) is 7.41. The zero-order valence-corrected chi connectivity index (χ0v) is 12.2. The molecule has 0 saturated heterocycles. The van der Waals surface area contributed by atoms with Gasteiger partial charge in [-0.3, -0.25) is 4.79 Å². The Morgan fingerprint density at radius 2 is 1.67 bits per heavy atom. The Morgan fingerprint density at radius 1 is 0.952 bits per heavy atom. The zero-order valence-electron chi connectivity index (χ0n) is 12.2. The second-order valence-corrected chi connectivity index (χ2v) is 5.04. The second-order valence-electron chi connectivity index (χ2n) is 5.04. The maximum atomic E-state index is 12.2. The van der Waals surface area contributed by atoms with Crippen LogP contribution >= 0.6 is 0 Å². The number of aryl methyl sites for hydroxylation is 2. The van der Waals surface area contributed by atoms with Crippen molar-refractivity contribution in [1.29, 1.82) is 0 Å². The van der Waals surface area contributed by atoms with E-state index in [2.05, 4.69) is 17.4 Å². The van der Waals surface area contributed by atoms with Gasteiger partial charge in [-0.1, -0.05) is 48.5 Å². The van der Waals surface area contributed by atoms with Crippen LogP contribution in [0.25, 0.3) is 0 Å². The Hall–Kier alpha value is -2.13. The predicted octanol–water partition coefficient (Wildman–Crippen LogP) is 2.55. The summed E-state index contributed by atoms with van der Waals surface area (Å²) in [4.78, 5) is 12.2.